The lowest BCUT2D eigenvalue weighted by atomic mass is 9.78. The number of amides is 1. The maximum Gasteiger partial charge on any atom is 0.274 e. The minimum atomic E-state index is -0.460. The van der Waals surface area contributed by atoms with Crippen molar-refractivity contribution >= 4 is 12.1 Å². The van der Waals surface area contributed by atoms with Crippen LogP contribution in [-0.2, 0) is 20.5 Å². The van der Waals surface area contributed by atoms with Crippen LogP contribution in [0.2, 0.25) is 0 Å². The molecule has 23 heavy (non-hydrogen) atoms. The van der Waals surface area contributed by atoms with Gasteiger partial charge < -0.3 is 9.94 Å². The number of rotatable bonds is 4. The number of hydrazine groups is 1. The SMILES string of the molecule is CC(C)(C)c1cc(/C=N/OCC(=O)NN)cc(C(C)(C)C)c1O. The maximum atomic E-state index is 11.0. The van der Waals surface area contributed by atoms with E-state index in [-0.39, 0.29) is 17.4 Å². The van der Waals surface area contributed by atoms with Crippen LogP contribution in [0.4, 0.5) is 0 Å². The number of hydrogen-bond donors (Lipinski definition) is 3. The highest BCUT2D eigenvalue weighted by Gasteiger charge is 2.26. The van der Waals surface area contributed by atoms with Gasteiger partial charge in [-0.3, -0.25) is 10.2 Å². The fourth-order valence-electron chi connectivity index (χ4n) is 2.11. The Morgan fingerprint density at radius 3 is 2.09 bits per heavy atom. The number of phenols is 1. The summed E-state index contributed by atoms with van der Waals surface area (Å²) in [6, 6.07) is 3.75. The Kier molecular flexibility index (Phi) is 5.77. The smallest absolute Gasteiger partial charge is 0.274 e. The zero-order valence-corrected chi connectivity index (χ0v) is 14.7. The summed E-state index contributed by atoms with van der Waals surface area (Å²) < 4.78 is 0. The van der Waals surface area contributed by atoms with E-state index in [0.29, 0.717) is 5.75 Å². The number of hydrogen-bond acceptors (Lipinski definition) is 5. The summed E-state index contributed by atoms with van der Waals surface area (Å²) in [7, 11) is 0. The summed E-state index contributed by atoms with van der Waals surface area (Å²) >= 11 is 0. The van der Waals surface area contributed by atoms with Gasteiger partial charge in [0.1, 0.15) is 5.75 Å². The predicted octanol–water partition coefficient (Wildman–Crippen LogP) is 2.33. The standard InChI is InChI=1S/C17H27N3O3/c1-16(2,3)12-7-11(9-19-23-10-14(21)20-18)8-13(15(12)22)17(4,5)6/h7-9,22H,10,18H2,1-6H3,(H,20,21)/b19-9+. The van der Waals surface area contributed by atoms with Gasteiger partial charge in [0, 0.05) is 11.1 Å². The highest BCUT2D eigenvalue weighted by Crippen LogP contribution is 2.39. The van der Waals surface area contributed by atoms with Crippen LogP contribution in [0.1, 0.15) is 58.2 Å². The van der Waals surface area contributed by atoms with Gasteiger partial charge in [-0.1, -0.05) is 46.7 Å². The molecule has 6 heteroatoms. The van der Waals surface area contributed by atoms with Crippen LogP contribution in [0.5, 0.6) is 5.75 Å². The van der Waals surface area contributed by atoms with Crippen molar-refractivity contribution in [2.75, 3.05) is 6.61 Å². The molecule has 1 aromatic rings. The van der Waals surface area contributed by atoms with E-state index in [1.54, 1.807) is 0 Å². The summed E-state index contributed by atoms with van der Waals surface area (Å²) in [5, 5.41) is 14.4. The Labute approximate surface area is 137 Å². The highest BCUT2D eigenvalue weighted by molar-refractivity contribution is 5.81. The normalized spacial score (nSPS) is 12.5. The van der Waals surface area contributed by atoms with Crippen molar-refractivity contribution in [2.24, 2.45) is 11.0 Å². The number of phenolic OH excluding ortho intramolecular Hbond substituents is 1. The maximum absolute atomic E-state index is 11.0. The van der Waals surface area contributed by atoms with Crippen LogP contribution in [0.3, 0.4) is 0 Å². The average Bonchev–Trinajstić information content (AvgIpc) is 2.41. The van der Waals surface area contributed by atoms with Crippen molar-refractivity contribution in [1.82, 2.24) is 5.43 Å². The van der Waals surface area contributed by atoms with E-state index in [1.165, 1.54) is 6.21 Å². The first-order valence-corrected chi connectivity index (χ1v) is 7.49. The van der Waals surface area contributed by atoms with Crippen molar-refractivity contribution in [1.29, 1.82) is 0 Å². The number of nitrogens with one attached hydrogen (secondary N) is 1. The average molecular weight is 321 g/mol. The van der Waals surface area contributed by atoms with E-state index in [9.17, 15) is 9.90 Å². The molecule has 0 aliphatic heterocycles. The Balaban J connectivity index is 3.18. The lowest BCUT2D eigenvalue weighted by Crippen LogP contribution is -2.32. The monoisotopic (exact) mass is 321 g/mol. The minimum Gasteiger partial charge on any atom is -0.507 e. The third kappa shape index (κ3) is 5.25. The largest absolute Gasteiger partial charge is 0.507 e. The predicted molar refractivity (Wildman–Crippen MR) is 91.4 cm³/mol. The van der Waals surface area contributed by atoms with Crippen LogP contribution in [0.15, 0.2) is 17.3 Å². The van der Waals surface area contributed by atoms with Crippen LogP contribution in [-0.4, -0.2) is 23.8 Å². The van der Waals surface area contributed by atoms with Crippen molar-refractivity contribution in [3.63, 3.8) is 0 Å². The van der Waals surface area contributed by atoms with Crippen LogP contribution in [0, 0.1) is 0 Å². The number of carbonyl (C=O) groups excluding carboxylic acids is 1. The quantitative estimate of drug-likeness (QED) is 0.343. The molecule has 0 saturated heterocycles. The van der Waals surface area contributed by atoms with Crippen LogP contribution in [0.25, 0.3) is 0 Å². The molecule has 0 radical (unpaired) electrons. The number of nitrogens with two attached hydrogens (primary N) is 1. The number of aromatic hydroxyl groups is 1. The molecule has 1 aromatic carbocycles. The Bertz CT molecular complexity index is 561. The molecule has 0 aromatic heterocycles. The number of benzene rings is 1. The molecule has 1 amide bonds. The van der Waals surface area contributed by atoms with Gasteiger partial charge >= 0.3 is 0 Å². The zero-order valence-electron chi connectivity index (χ0n) is 14.7. The van der Waals surface area contributed by atoms with Crippen LogP contribution < -0.4 is 11.3 Å². The molecule has 0 atom stereocenters. The number of nitrogens with zero attached hydrogens (tertiary/aromatic N) is 1. The summed E-state index contributed by atoms with van der Waals surface area (Å²) in [5.41, 5.74) is 4.01. The van der Waals surface area contributed by atoms with E-state index >= 15 is 0 Å². The molecular weight excluding hydrogens is 294 g/mol. The van der Waals surface area contributed by atoms with Gasteiger partial charge in [-0.05, 0) is 28.5 Å². The van der Waals surface area contributed by atoms with Gasteiger partial charge in [0.25, 0.3) is 5.91 Å². The fourth-order valence-corrected chi connectivity index (χ4v) is 2.11. The second-order valence-electron chi connectivity index (χ2n) is 7.54. The molecule has 6 nitrogen and oxygen atoms in total. The van der Waals surface area contributed by atoms with Gasteiger partial charge in [-0.15, -0.1) is 0 Å². The first-order valence-electron chi connectivity index (χ1n) is 7.49. The first-order chi connectivity index (χ1) is 10.5. The van der Waals surface area contributed by atoms with Crippen molar-refractivity contribution in [3.8, 4) is 5.75 Å². The molecule has 0 aliphatic rings. The molecule has 0 spiro atoms. The molecule has 0 heterocycles. The molecule has 0 fully saturated rings. The Hall–Kier alpha value is -2.08. The third-order valence-corrected chi connectivity index (χ3v) is 3.38. The van der Waals surface area contributed by atoms with E-state index in [1.807, 2.05) is 59.1 Å². The van der Waals surface area contributed by atoms with Crippen molar-refractivity contribution in [2.45, 2.75) is 52.4 Å². The number of carbonyl (C=O) groups is 1. The molecule has 128 valence electrons. The summed E-state index contributed by atoms with van der Waals surface area (Å²) in [4.78, 5) is 15.9. The van der Waals surface area contributed by atoms with E-state index in [0.717, 1.165) is 16.7 Å². The molecule has 4 N–H and O–H groups in total. The molecular formula is C17H27N3O3. The van der Waals surface area contributed by atoms with Gasteiger partial charge in [-0.2, -0.15) is 0 Å². The van der Waals surface area contributed by atoms with E-state index in [4.69, 9.17) is 10.7 Å². The fraction of sp³-hybridized carbons (Fsp3) is 0.529. The summed E-state index contributed by atoms with van der Waals surface area (Å²) in [6.45, 7) is 12.0. The molecule has 0 unspecified atom stereocenters. The van der Waals surface area contributed by atoms with Crippen molar-refractivity contribution < 1.29 is 14.7 Å². The zero-order chi connectivity index (χ0) is 17.8. The number of oxime groups is 1. The van der Waals surface area contributed by atoms with Gasteiger partial charge in [-0.25, -0.2) is 5.84 Å². The third-order valence-electron chi connectivity index (χ3n) is 3.38. The van der Waals surface area contributed by atoms with Gasteiger partial charge in [0.2, 0.25) is 0 Å². The topological polar surface area (TPSA) is 96.9 Å². The lowest BCUT2D eigenvalue weighted by Gasteiger charge is -2.27. The van der Waals surface area contributed by atoms with Gasteiger partial charge in [0.05, 0.1) is 6.21 Å². The summed E-state index contributed by atoms with van der Waals surface area (Å²) in [6.07, 6.45) is 1.52. The van der Waals surface area contributed by atoms with Crippen LogP contribution >= 0.6 is 0 Å². The molecule has 0 saturated carbocycles. The molecule has 0 aliphatic carbocycles. The first kappa shape index (κ1) is 19.0. The second-order valence-corrected chi connectivity index (χ2v) is 7.54. The second kappa shape index (κ2) is 7.00. The highest BCUT2D eigenvalue weighted by atomic mass is 16.6. The molecule has 0 bridgehead atoms. The van der Waals surface area contributed by atoms with E-state index < -0.39 is 5.91 Å². The Morgan fingerprint density at radius 1 is 1.22 bits per heavy atom. The Morgan fingerprint density at radius 2 is 1.70 bits per heavy atom. The summed E-state index contributed by atoms with van der Waals surface area (Å²) in [5.74, 6) is 4.81. The van der Waals surface area contributed by atoms with Gasteiger partial charge in [0.15, 0.2) is 6.61 Å². The van der Waals surface area contributed by atoms with Crippen molar-refractivity contribution in [3.05, 3.63) is 28.8 Å². The van der Waals surface area contributed by atoms with E-state index in [2.05, 4.69) is 5.16 Å². The molecule has 1 rings (SSSR count). The minimum absolute atomic E-state index is 0.214. The lowest BCUT2D eigenvalue weighted by molar-refractivity contribution is -0.125.